The van der Waals surface area contributed by atoms with E-state index in [2.05, 4.69) is 0 Å². The molecular formula is C13H8O6. The van der Waals surface area contributed by atoms with Crippen LogP contribution in [0, 0.1) is 0 Å². The molecule has 0 aliphatic carbocycles. The van der Waals surface area contributed by atoms with Crippen LogP contribution in [-0.4, -0.2) is 20.4 Å². The van der Waals surface area contributed by atoms with Crippen molar-refractivity contribution in [1.29, 1.82) is 0 Å². The maximum atomic E-state index is 12.2. The Hall–Kier alpha value is -2.89. The van der Waals surface area contributed by atoms with Crippen molar-refractivity contribution >= 4 is 21.9 Å². The number of rotatable bonds is 0. The van der Waals surface area contributed by atoms with E-state index in [9.17, 15) is 25.2 Å². The van der Waals surface area contributed by atoms with Gasteiger partial charge in [-0.2, -0.15) is 0 Å². The van der Waals surface area contributed by atoms with Gasteiger partial charge in [-0.05, 0) is 24.3 Å². The molecule has 0 spiro atoms. The van der Waals surface area contributed by atoms with E-state index in [4.69, 9.17) is 4.42 Å². The second-order valence-corrected chi connectivity index (χ2v) is 4.05. The Kier molecular flexibility index (Phi) is 2.10. The summed E-state index contributed by atoms with van der Waals surface area (Å²) in [6, 6.07) is 4.94. The first-order chi connectivity index (χ1) is 9.00. The standard InChI is InChI=1S/C13H8O6/c14-7-3-1-5-9(16)6-2-4-8(15)11(18)13(6)19-12(5)10(7)17/h1-4,14-15,17-18H. The number of aromatic hydroxyl groups is 4. The van der Waals surface area contributed by atoms with Crippen LogP contribution in [-0.2, 0) is 0 Å². The zero-order valence-corrected chi connectivity index (χ0v) is 9.41. The van der Waals surface area contributed by atoms with E-state index in [1.165, 1.54) is 24.3 Å². The lowest BCUT2D eigenvalue weighted by Crippen LogP contribution is -2.02. The van der Waals surface area contributed by atoms with Crippen molar-refractivity contribution in [1.82, 2.24) is 0 Å². The van der Waals surface area contributed by atoms with Gasteiger partial charge in [-0.15, -0.1) is 0 Å². The topological polar surface area (TPSA) is 111 Å². The van der Waals surface area contributed by atoms with Gasteiger partial charge in [-0.1, -0.05) is 0 Å². The number of hydrogen-bond donors (Lipinski definition) is 4. The summed E-state index contributed by atoms with van der Waals surface area (Å²) in [7, 11) is 0. The van der Waals surface area contributed by atoms with Gasteiger partial charge in [-0.3, -0.25) is 4.79 Å². The van der Waals surface area contributed by atoms with E-state index in [-0.39, 0.29) is 21.9 Å². The lowest BCUT2D eigenvalue weighted by Gasteiger charge is -2.06. The fourth-order valence-electron chi connectivity index (χ4n) is 1.93. The van der Waals surface area contributed by atoms with Gasteiger partial charge in [0, 0.05) is 0 Å². The predicted molar refractivity (Wildman–Crippen MR) is 66.6 cm³/mol. The van der Waals surface area contributed by atoms with Crippen LogP contribution in [0.25, 0.3) is 21.9 Å². The molecule has 0 saturated heterocycles. The first-order valence-electron chi connectivity index (χ1n) is 5.33. The van der Waals surface area contributed by atoms with Gasteiger partial charge in [-0.25, -0.2) is 0 Å². The predicted octanol–water partition coefficient (Wildman–Crippen LogP) is 1.77. The highest BCUT2D eigenvalue weighted by molar-refractivity contribution is 5.96. The van der Waals surface area contributed by atoms with Crippen LogP contribution >= 0.6 is 0 Å². The first kappa shape index (κ1) is 11.2. The van der Waals surface area contributed by atoms with Gasteiger partial charge in [0.1, 0.15) is 0 Å². The molecule has 1 aromatic heterocycles. The van der Waals surface area contributed by atoms with E-state index in [1.54, 1.807) is 0 Å². The molecule has 4 N–H and O–H groups in total. The molecule has 0 bridgehead atoms. The molecule has 3 rings (SSSR count). The first-order valence-corrected chi connectivity index (χ1v) is 5.33. The minimum atomic E-state index is -0.598. The molecule has 96 valence electrons. The molecule has 0 amide bonds. The van der Waals surface area contributed by atoms with Crippen LogP contribution < -0.4 is 5.43 Å². The highest BCUT2D eigenvalue weighted by Gasteiger charge is 2.17. The second kappa shape index (κ2) is 3.55. The Morgan fingerprint density at radius 2 is 1.16 bits per heavy atom. The summed E-state index contributed by atoms with van der Waals surface area (Å²) in [6.45, 7) is 0. The fourth-order valence-corrected chi connectivity index (χ4v) is 1.93. The van der Waals surface area contributed by atoms with Crippen molar-refractivity contribution < 1.29 is 24.8 Å². The van der Waals surface area contributed by atoms with Gasteiger partial charge < -0.3 is 24.8 Å². The summed E-state index contributed by atoms with van der Waals surface area (Å²) >= 11 is 0. The van der Waals surface area contributed by atoms with Crippen LogP contribution in [0.3, 0.4) is 0 Å². The Morgan fingerprint density at radius 1 is 0.737 bits per heavy atom. The molecule has 6 heteroatoms. The number of phenolic OH excluding ortho intramolecular Hbond substituents is 4. The number of phenols is 4. The van der Waals surface area contributed by atoms with Crippen molar-refractivity contribution in [3.05, 3.63) is 34.5 Å². The molecule has 0 aliphatic heterocycles. The van der Waals surface area contributed by atoms with Gasteiger partial charge in [0.25, 0.3) is 0 Å². The van der Waals surface area contributed by atoms with Crippen LogP contribution in [0.4, 0.5) is 0 Å². The highest BCUT2D eigenvalue weighted by atomic mass is 16.4. The maximum absolute atomic E-state index is 12.2. The third kappa shape index (κ3) is 1.40. The second-order valence-electron chi connectivity index (χ2n) is 4.05. The molecule has 1 heterocycles. The minimum absolute atomic E-state index is 0.0629. The Labute approximate surface area is 105 Å². The Morgan fingerprint density at radius 3 is 1.58 bits per heavy atom. The third-order valence-electron chi connectivity index (χ3n) is 2.91. The third-order valence-corrected chi connectivity index (χ3v) is 2.91. The normalized spacial score (nSPS) is 11.2. The van der Waals surface area contributed by atoms with Crippen LogP contribution in [0.2, 0.25) is 0 Å². The van der Waals surface area contributed by atoms with Crippen molar-refractivity contribution in [2.45, 2.75) is 0 Å². The zero-order chi connectivity index (χ0) is 13.7. The fraction of sp³-hybridized carbons (Fsp3) is 0. The highest BCUT2D eigenvalue weighted by Crippen LogP contribution is 2.38. The van der Waals surface area contributed by atoms with Gasteiger partial charge in [0.2, 0.25) is 16.9 Å². The maximum Gasteiger partial charge on any atom is 0.201 e. The van der Waals surface area contributed by atoms with E-state index < -0.39 is 28.4 Å². The van der Waals surface area contributed by atoms with Crippen LogP contribution in [0.1, 0.15) is 0 Å². The Balaban J connectivity index is 2.65. The Bertz CT molecular complexity index is 809. The van der Waals surface area contributed by atoms with E-state index in [0.717, 1.165) is 0 Å². The molecule has 3 aromatic rings. The summed E-state index contributed by atoms with van der Waals surface area (Å²) in [5.41, 5.74) is -0.987. The molecule has 2 aromatic carbocycles. The average Bonchev–Trinajstić information content (AvgIpc) is 2.39. The number of hydrogen-bond acceptors (Lipinski definition) is 6. The molecule has 0 fully saturated rings. The molecule has 6 nitrogen and oxygen atoms in total. The van der Waals surface area contributed by atoms with Gasteiger partial charge in [0.15, 0.2) is 22.7 Å². The molecular weight excluding hydrogens is 252 g/mol. The summed E-state index contributed by atoms with van der Waals surface area (Å²) in [5.74, 6) is -2.09. The molecule has 0 saturated carbocycles. The molecule has 0 radical (unpaired) electrons. The lowest BCUT2D eigenvalue weighted by molar-refractivity contribution is 0.394. The summed E-state index contributed by atoms with van der Waals surface area (Å²) in [4.78, 5) is 12.2. The molecule has 0 aliphatic rings. The van der Waals surface area contributed by atoms with Crippen molar-refractivity contribution in [2.75, 3.05) is 0 Å². The van der Waals surface area contributed by atoms with E-state index >= 15 is 0 Å². The average molecular weight is 260 g/mol. The number of fused-ring (bicyclic) bond motifs is 2. The minimum Gasteiger partial charge on any atom is -0.504 e. The quantitative estimate of drug-likeness (QED) is 0.362. The molecule has 0 unspecified atom stereocenters. The lowest BCUT2D eigenvalue weighted by atomic mass is 10.1. The summed E-state index contributed by atoms with van der Waals surface area (Å²) in [5, 5.41) is 38.2. The molecule has 0 atom stereocenters. The number of benzene rings is 2. The SMILES string of the molecule is O=c1c2ccc(O)c(O)c2oc2c(O)c(O)ccc12. The van der Waals surface area contributed by atoms with Gasteiger partial charge in [0.05, 0.1) is 10.8 Å². The van der Waals surface area contributed by atoms with E-state index in [1.807, 2.05) is 0 Å². The summed E-state index contributed by atoms with van der Waals surface area (Å²) < 4.78 is 5.23. The molecule has 19 heavy (non-hydrogen) atoms. The zero-order valence-electron chi connectivity index (χ0n) is 9.41. The van der Waals surface area contributed by atoms with Crippen LogP contribution in [0.5, 0.6) is 23.0 Å². The van der Waals surface area contributed by atoms with Crippen molar-refractivity contribution in [2.24, 2.45) is 0 Å². The van der Waals surface area contributed by atoms with Crippen molar-refractivity contribution in [3.63, 3.8) is 0 Å². The monoisotopic (exact) mass is 260 g/mol. The van der Waals surface area contributed by atoms with Crippen molar-refractivity contribution in [3.8, 4) is 23.0 Å². The van der Waals surface area contributed by atoms with Crippen LogP contribution in [0.15, 0.2) is 33.5 Å². The summed E-state index contributed by atoms with van der Waals surface area (Å²) in [6.07, 6.45) is 0. The van der Waals surface area contributed by atoms with Gasteiger partial charge >= 0.3 is 0 Å². The largest absolute Gasteiger partial charge is 0.504 e. The van der Waals surface area contributed by atoms with E-state index in [0.29, 0.717) is 0 Å². The smallest absolute Gasteiger partial charge is 0.201 e.